The van der Waals surface area contributed by atoms with E-state index in [9.17, 15) is 4.79 Å². The fourth-order valence-corrected chi connectivity index (χ4v) is 3.14. The highest BCUT2D eigenvalue weighted by atomic mass is 16.5. The first-order chi connectivity index (χ1) is 13.0. The maximum absolute atomic E-state index is 12.7. The number of amides is 1. The molecule has 0 aromatic carbocycles. The Hall–Kier alpha value is -2.45. The molecule has 2 aromatic heterocycles. The summed E-state index contributed by atoms with van der Waals surface area (Å²) in [7, 11) is 3.98. The van der Waals surface area contributed by atoms with E-state index >= 15 is 0 Å². The predicted octanol–water partition coefficient (Wildman–Crippen LogP) is 1.70. The zero-order valence-corrected chi connectivity index (χ0v) is 16.3. The lowest BCUT2D eigenvalue weighted by molar-refractivity contribution is -0.00697. The highest BCUT2D eigenvalue weighted by molar-refractivity contribution is 5.94. The van der Waals surface area contributed by atoms with E-state index in [1.54, 1.807) is 12.4 Å². The average Bonchev–Trinajstić information content (AvgIpc) is 3.04. The first kappa shape index (κ1) is 19.3. The number of nitrogens with zero attached hydrogens (tertiary/aromatic N) is 3. The molecule has 3 heterocycles. The Morgan fingerprint density at radius 2 is 2.26 bits per heavy atom. The largest absolute Gasteiger partial charge is 0.490 e. The summed E-state index contributed by atoms with van der Waals surface area (Å²) in [5, 5.41) is 10.1. The van der Waals surface area contributed by atoms with Crippen LogP contribution in [0.5, 0.6) is 5.75 Å². The molecule has 0 fully saturated rings. The third kappa shape index (κ3) is 4.64. The number of ether oxygens (including phenoxy) is 2. The summed E-state index contributed by atoms with van der Waals surface area (Å²) in [4.78, 5) is 18.8. The summed E-state index contributed by atoms with van der Waals surface area (Å²) >= 11 is 0. The van der Waals surface area contributed by atoms with Gasteiger partial charge in [0.25, 0.3) is 5.91 Å². The van der Waals surface area contributed by atoms with Crippen molar-refractivity contribution in [2.75, 3.05) is 27.2 Å². The maximum atomic E-state index is 12.7. The summed E-state index contributed by atoms with van der Waals surface area (Å²) in [5.41, 5.74) is 3.15. The molecule has 8 nitrogen and oxygen atoms in total. The van der Waals surface area contributed by atoms with Gasteiger partial charge in [0.2, 0.25) is 0 Å². The van der Waals surface area contributed by atoms with Crippen LogP contribution in [-0.4, -0.2) is 59.3 Å². The molecule has 1 aliphatic rings. The summed E-state index contributed by atoms with van der Waals surface area (Å²) in [6.45, 7) is 5.67. The molecule has 8 heteroatoms. The summed E-state index contributed by atoms with van der Waals surface area (Å²) in [6.07, 6.45) is 4.02. The minimum absolute atomic E-state index is 0.0635. The van der Waals surface area contributed by atoms with E-state index in [1.165, 1.54) is 0 Å². The third-order valence-electron chi connectivity index (χ3n) is 4.55. The van der Waals surface area contributed by atoms with Crippen molar-refractivity contribution in [1.82, 2.24) is 25.4 Å². The lowest BCUT2D eigenvalue weighted by Gasteiger charge is -2.25. The molecule has 3 rings (SSSR count). The number of fused-ring (bicyclic) bond motifs is 1. The van der Waals surface area contributed by atoms with E-state index in [-0.39, 0.29) is 18.1 Å². The molecule has 0 unspecified atom stereocenters. The molecule has 2 aromatic rings. The molecular weight excluding hydrogens is 346 g/mol. The molecule has 0 bridgehead atoms. The fourth-order valence-electron chi connectivity index (χ4n) is 3.14. The van der Waals surface area contributed by atoms with E-state index in [0.717, 1.165) is 23.4 Å². The number of nitrogens with one attached hydrogen (secondary N) is 2. The number of rotatable bonds is 7. The average molecular weight is 373 g/mol. The van der Waals surface area contributed by atoms with Crippen molar-refractivity contribution in [3.63, 3.8) is 0 Å². The Balaban J connectivity index is 1.65. The molecule has 0 radical (unpaired) electrons. The van der Waals surface area contributed by atoms with Crippen LogP contribution in [0, 0.1) is 0 Å². The van der Waals surface area contributed by atoms with Gasteiger partial charge in [0, 0.05) is 36.8 Å². The van der Waals surface area contributed by atoms with Gasteiger partial charge in [0.1, 0.15) is 12.4 Å². The molecule has 1 amide bonds. The molecule has 0 spiro atoms. The van der Waals surface area contributed by atoms with Gasteiger partial charge in [-0.25, -0.2) is 0 Å². The normalized spacial score (nSPS) is 19.0. The highest BCUT2D eigenvalue weighted by Crippen LogP contribution is 2.30. The van der Waals surface area contributed by atoms with Gasteiger partial charge in [-0.15, -0.1) is 0 Å². The second-order valence-corrected chi connectivity index (χ2v) is 7.08. The molecular formula is C19H27N5O3. The Labute approximate surface area is 159 Å². The van der Waals surface area contributed by atoms with Crippen LogP contribution in [0.2, 0.25) is 0 Å². The third-order valence-corrected chi connectivity index (χ3v) is 4.55. The molecule has 146 valence electrons. The van der Waals surface area contributed by atoms with Crippen LogP contribution >= 0.6 is 0 Å². The molecule has 0 aliphatic carbocycles. The first-order valence-corrected chi connectivity index (χ1v) is 9.17. The highest BCUT2D eigenvalue weighted by Gasteiger charge is 2.29. The van der Waals surface area contributed by atoms with Crippen LogP contribution in [0.1, 0.15) is 47.3 Å². The molecule has 2 N–H and O–H groups in total. The number of pyridine rings is 1. The van der Waals surface area contributed by atoms with Crippen molar-refractivity contribution < 1.29 is 14.3 Å². The molecule has 0 saturated carbocycles. The summed E-state index contributed by atoms with van der Waals surface area (Å²) in [5.74, 6) is 0.476. The lowest BCUT2D eigenvalue weighted by atomic mass is 9.99. The second-order valence-electron chi connectivity index (χ2n) is 7.08. The van der Waals surface area contributed by atoms with Crippen LogP contribution in [0.3, 0.4) is 0 Å². The SMILES string of the molecule is C[C@@H]1Cc2c(C(=O)NCc3ccncc3OCCN(C)C)n[nH]c2[C@H](C)O1. The van der Waals surface area contributed by atoms with Crippen LogP contribution in [-0.2, 0) is 17.7 Å². The Kier molecular flexibility index (Phi) is 6.08. The number of carbonyl (C=O) groups is 1. The lowest BCUT2D eigenvalue weighted by Crippen LogP contribution is -2.27. The topological polar surface area (TPSA) is 92.4 Å². The van der Waals surface area contributed by atoms with Crippen LogP contribution in [0.15, 0.2) is 18.5 Å². The minimum Gasteiger partial charge on any atom is -0.490 e. The van der Waals surface area contributed by atoms with Crippen molar-refractivity contribution in [3.8, 4) is 5.75 Å². The number of aromatic amines is 1. The maximum Gasteiger partial charge on any atom is 0.272 e. The number of hydrogen-bond acceptors (Lipinski definition) is 6. The molecule has 2 atom stereocenters. The van der Waals surface area contributed by atoms with E-state index in [4.69, 9.17) is 9.47 Å². The van der Waals surface area contributed by atoms with Gasteiger partial charge in [0.05, 0.1) is 24.1 Å². The fraction of sp³-hybridized carbons (Fsp3) is 0.526. The van der Waals surface area contributed by atoms with Crippen LogP contribution in [0.25, 0.3) is 0 Å². The van der Waals surface area contributed by atoms with Gasteiger partial charge < -0.3 is 19.7 Å². The number of carbonyl (C=O) groups excluding carboxylic acids is 1. The standard InChI is InChI=1S/C19H27N5O3/c1-12-9-15-17(13(2)27-12)22-23-18(15)19(25)21-10-14-5-6-20-11-16(14)26-8-7-24(3)4/h5-6,11-13H,7-10H2,1-4H3,(H,21,25)(H,22,23)/t12-,13+/m1/s1. The zero-order chi connectivity index (χ0) is 19.4. The zero-order valence-electron chi connectivity index (χ0n) is 16.3. The van der Waals surface area contributed by atoms with E-state index < -0.39 is 0 Å². The molecule has 1 aliphatic heterocycles. The van der Waals surface area contributed by atoms with Gasteiger partial charge in [-0.05, 0) is 34.0 Å². The molecule has 27 heavy (non-hydrogen) atoms. The smallest absolute Gasteiger partial charge is 0.272 e. The van der Waals surface area contributed by atoms with Gasteiger partial charge in [-0.3, -0.25) is 14.9 Å². The quantitative estimate of drug-likeness (QED) is 0.767. The number of H-pyrrole nitrogens is 1. The van der Waals surface area contributed by atoms with E-state index in [0.29, 0.717) is 31.0 Å². The predicted molar refractivity (Wildman–Crippen MR) is 101 cm³/mol. The van der Waals surface area contributed by atoms with Crippen molar-refractivity contribution in [2.24, 2.45) is 0 Å². The van der Waals surface area contributed by atoms with Gasteiger partial charge in [-0.2, -0.15) is 5.10 Å². The number of hydrogen-bond donors (Lipinski definition) is 2. The van der Waals surface area contributed by atoms with Crippen LogP contribution < -0.4 is 10.1 Å². The van der Waals surface area contributed by atoms with Gasteiger partial charge in [0.15, 0.2) is 5.69 Å². The number of likely N-dealkylation sites (N-methyl/N-ethyl adjacent to an activating group) is 1. The molecule has 0 saturated heterocycles. The van der Waals surface area contributed by atoms with Gasteiger partial charge in [-0.1, -0.05) is 0 Å². The van der Waals surface area contributed by atoms with E-state index in [1.807, 2.05) is 38.9 Å². The Bertz CT molecular complexity index is 789. The first-order valence-electron chi connectivity index (χ1n) is 9.17. The van der Waals surface area contributed by atoms with E-state index in [2.05, 4.69) is 20.5 Å². The Morgan fingerprint density at radius 1 is 1.44 bits per heavy atom. The number of aromatic nitrogens is 3. The van der Waals surface area contributed by atoms with Gasteiger partial charge >= 0.3 is 0 Å². The Morgan fingerprint density at radius 3 is 3.04 bits per heavy atom. The monoisotopic (exact) mass is 373 g/mol. The summed E-state index contributed by atoms with van der Waals surface area (Å²) in [6, 6.07) is 1.85. The van der Waals surface area contributed by atoms with Crippen molar-refractivity contribution in [1.29, 1.82) is 0 Å². The summed E-state index contributed by atoms with van der Waals surface area (Å²) < 4.78 is 11.6. The van der Waals surface area contributed by atoms with Crippen molar-refractivity contribution in [2.45, 2.75) is 39.0 Å². The second kappa shape index (κ2) is 8.49. The van der Waals surface area contributed by atoms with Crippen molar-refractivity contribution >= 4 is 5.91 Å². The van der Waals surface area contributed by atoms with Crippen LogP contribution in [0.4, 0.5) is 0 Å². The van der Waals surface area contributed by atoms with Crippen molar-refractivity contribution in [3.05, 3.63) is 41.0 Å². The minimum atomic E-state index is -0.204.